The lowest BCUT2D eigenvalue weighted by Crippen LogP contribution is -1.91. The first-order valence-electron chi connectivity index (χ1n) is 7.32. The number of nitro benzene ring substituents is 1. The molecule has 23 heavy (non-hydrogen) atoms. The smallest absolute Gasteiger partial charge is 0.264 e. The van der Waals surface area contributed by atoms with Crippen molar-refractivity contribution in [2.24, 2.45) is 0 Å². The second kappa shape index (κ2) is 6.66. The summed E-state index contributed by atoms with van der Waals surface area (Å²) in [6, 6.07) is 8.58. The molecule has 3 rings (SSSR count). The van der Waals surface area contributed by atoms with Crippen LogP contribution in [-0.2, 0) is 6.42 Å². The van der Waals surface area contributed by atoms with Crippen molar-refractivity contribution in [1.29, 1.82) is 0 Å². The molecule has 116 valence electrons. The number of benzene rings is 1. The number of thiazole rings is 1. The molecule has 0 atom stereocenters. The first-order valence-corrected chi connectivity index (χ1v) is 8.20. The van der Waals surface area contributed by atoms with E-state index in [-0.39, 0.29) is 5.69 Å². The fourth-order valence-corrected chi connectivity index (χ4v) is 3.24. The van der Waals surface area contributed by atoms with Gasteiger partial charge in [-0.1, -0.05) is 25.5 Å². The summed E-state index contributed by atoms with van der Waals surface area (Å²) in [6.07, 6.45) is 5.65. The van der Waals surface area contributed by atoms with Gasteiger partial charge in [-0.2, -0.15) is 0 Å². The van der Waals surface area contributed by atoms with Gasteiger partial charge in [-0.25, -0.2) is 4.98 Å². The Morgan fingerprint density at radius 1 is 1.30 bits per heavy atom. The van der Waals surface area contributed by atoms with Crippen LogP contribution in [0, 0.1) is 10.1 Å². The number of nitro groups is 1. The Morgan fingerprint density at radius 2 is 2.17 bits per heavy atom. The van der Waals surface area contributed by atoms with Crippen LogP contribution in [0.1, 0.15) is 18.9 Å². The van der Waals surface area contributed by atoms with E-state index in [4.69, 9.17) is 0 Å². The van der Waals surface area contributed by atoms with E-state index in [0.29, 0.717) is 0 Å². The van der Waals surface area contributed by atoms with Crippen molar-refractivity contribution in [3.05, 3.63) is 63.8 Å². The first kappa shape index (κ1) is 15.3. The minimum absolute atomic E-state index is 0.0762. The standard InChI is InChI=1S/C17H15N3O2S/c1-2-4-12-7-8-18-10-15(12)16-11-23-17(19-16)13-5-3-6-14(9-13)20(21)22/h3,5-11H,2,4H2,1H3. The summed E-state index contributed by atoms with van der Waals surface area (Å²) >= 11 is 1.48. The maximum atomic E-state index is 10.9. The van der Waals surface area contributed by atoms with Gasteiger partial charge in [0.25, 0.3) is 5.69 Å². The van der Waals surface area contributed by atoms with Crippen LogP contribution in [0.15, 0.2) is 48.1 Å². The fraction of sp³-hybridized carbons (Fsp3) is 0.176. The molecule has 0 aliphatic carbocycles. The Morgan fingerprint density at radius 3 is 2.96 bits per heavy atom. The topological polar surface area (TPSA) is 68.9 Å². The first-order chi connectivity index (χ1) is 11.2. The molecule has 0 radical (unpaired) electrons. The van der Waals surface area contributed by atoms with Crippen molar-refractivity contribution in [2.75, 3.05) is 0 Å². The lowest BCUT2D eigenvalue weighted by atomic mass is 10.0. The van der Waals surface area contributed by atoms with Crippen LogP contribution >= 0.6 is 11.3 Å². The van der Waals surface area contributed by atoms with Gasteiger partial charge in [0.1, 0.15) is 5.01 Å². The number of rotatable bonds is 5. The molecule has 2 heterocycles. The summed E-state index contributed by atoms with van der Waals surface area (Å²) in [5.74, 6) is 0. The summed E-state index contributed by atoms with van der Waals surface area (Å²) in [5, 5.41) is 13.7. The van der Waals surface area contributed by atoms with Crippen LogP contribution in [0.2, 0.25) is 0 Å². The van der Waals surface area contributed by atoms with E-state index in [2.05, 4.69) is 16.9 Å². The molecule has 0 N–H and O–H groups in total. The van der Waals surface area contributed by atoms with E-state index in [0.717, 1.165) is 34.7 Å². The predicted molar refractivity (Wildman–Crippen MR) is 91.4 cm³/mol. The largest absolute Gasteiger partial charge is 0.270 e. The van der Waals surface area contributed by atoms with Crippen molar-refractivity contribution in [3.8, 4) is 21.8 Å². The highest BCUT2D eigenvalue weighted by Gasteiger charge is 2.12. The SMILES string of the molecule is CCCc1ccncc1-c1csc(-c2cccc([N+](=O)[O-])c2)n1. The summed E-state index contributed by atoms with van der Waals surface area (Å²) in [5.41, 5.74) is 3.96. The van der Waals surface area contributed by atoms with E-state index < -0.39 is 4.92 Å². The summed E-state index contributed by atoms with van der Waals surface area (Å²) in [6.45, 7) is 2.14. The highest BCUT2D eigenvalue weighted by molar-refractivity contribution is 7.13. The Hall–Kier alpha value is -2.60. The molecule has 0 aliphatic heterocycles. The van der Waals surface area contributed by atoms with Crippen LogP contribution in [0.3, 0.4) is 0 Å². The van der Waals surface area contributed by atoms with Crippen LogP contribution in [0.5, 0.6) is 0 Å². The zero-order valence-corrected chi connectivity index (χ0v) is 13.4. The number of aryl methyl sites for hydroxylation is 1. The molecule has 0 amide bonds. The van der Waals surface area contributed by atoms with Crippen molar-refractivity contribution in [1.82, 2.24) is 9.97 Å². The number of pyridine rings is 1. The summed E-state index contributed by atoms with van der Waals surface area (Å²) in [7, 11) is 0. The van der Waals surface area contributed by atoms with E-state index in [9.17, 15) is 10.1 Å². The minimum atomic E-state index is -0.390. The Labute approximate surface area is 137 Å². The van der Waals surface area contributed by atoms with Gasteiger partial charge < -0.3 is 0 Å². The average Bonchev–Trinajstić information content (AvgIpc) is 3.06. The quantitative estimate of drug-likeness (QED) is 0.502. The number of hydrogen-bond acceptors (Lipinski definition) is 5. The number of non-ortho nitro benzene ring substituents is 1. The normalized spacial score (nSPS) is 10.7. The zero-order valence-electron chi connectivity index (χ0n) is 12.6. The lowest BCUT2D eigenvalue weighted by molar-refractivity contribution is -0.384. The zero-order chi connectivity index (χ0) is 16.2. The molecule has 0 spiro atoms. The molecule has 3 aromatic rings. The second-order valence-corrected chi connectivity index (χ2v) is 5.99. The van der Waals surface area contributed by atoms with Crippen LogP contribution < -0.4 is 0 Å². The van der Waals surface area contributed by atoms with Gasteiger partial charge in [0, 0.05) is 41.0 Å². The number of nitrogens with zero attached hydrogens (tertiary/aromatic N) is 3. The molecule has 0 saturated carbocycles. The maximum Gasteiger partial charge on any atom is 0.270 e. The van der Waals surface area contributed by atoms with Gasteiger partial charge in [0.05, 0.1) is 10.6 Å². The predicted octanol–water partition coefficient (Wildman–Crippen LogP) is 4.73. The third kappa shape index (κ3) is 3.27. The van der Waals surface area contributed by atoms with Gasteiger partial charge in [-0.05, 0) is 18.1 Å². The number of hydrogen-bond donors (Lipinski definition) is 0. The highest BCUT2D eigenvalue weighted by atomic mass is 32.1. The van der Waals surface area contributed by atoms with Gasteiger partial charge >= 0.3 is 0 Å². The van der Waals surface area contributed by atoms with Gasteiger partial charge in [0.15, 0.2) is 0 Å². The molecule has 0 saturated heterocycles. The third-order valence-corrected chi connectivity index (χ3v) is 4.41. The van der Waals surface area contributed by atoms with Crippen molar-refractivity contribution in [2.45, 2.75) is 19.8 Å². The molecule has 0 bridgehead atoms. The fourth-order valence-electron chi connectivity index (χ4n) is 2.42. The van der Waals surface area contributed by atoms with Gasteiger partial charge in [-0.15, -0.1) is 11.3 Å². The molecule has 0 aliphatic rings. The minimum Gasteiger partial charge on any atom is -0.264 e. The molecule has 0 fully saturated rings. The van der Waals surface area contributed by atoms with Crippen molar-refractivity contribution < 1.29 is 4.92 Å². The monoisotopic (exact) mass is 325 g/mol. The van der Waals surface area contributed by atoms with Crippen LogP contribution in [-0.4, -0.2) is 14.9 Å². The summed E-state index contributed by atoms with van der Waals surface area (Å²) < 4.78 is 0. The van der Waals surface area contributed by atoms with Crippen LogP contribution in [0.4, 0.5) is 5.69 Å². The van der Waals surface area contributed by atoms with E-state index in [1.165, 1.54) is 23.0 Å². The average molecular weight is 325 g/mol. The van der Waals surface area contributed by atoms with E-state index >= 15 is 0 Å². The Kier molecular flexibility index (Phi) is 4.43. The highest BCUT2D eigenvalue weighted by Crippen LogP contribution is 2.31. The summed E-state index contributed by atoms with van der Waals surface area (Å²) in [4.78, 5) is 19.4. The molecule has 0 unspecified atom stereocenters. The van der Waals surface area contributed by atoms with Gasteiger partial charge in [0.2, 0.25) is 0 Å². The van der Waals surface area contributed by atoms with E-state index in [1.54, 1.807) is 18.3 Å². The lowest BCUT2D eigenvalue weighted by Gasteiger charge is -2.04. The van der Waals surface area contributed by atoms with Gasteiger partial charge in [-0.3, -0.25) is 15.1 Å². The molecule has 5 nitrogen and oxygen atoms in total. The van der Waals surface area contributed by atoms with Crippen molar-refractivity contribution >= 4 is 17.0 Å². The second-order valence-electron chi connectivity index (χ2n) is 5.13. The molecular formula is C17H15N3O2S. The van der Waals surface area contributed by atoms with E-state index in [1.807, 2.05) is 23.7 Å². The third-order valence-electron chi connectivity index (χ3n) is 3.51. The molecule has 2 aromatic heterocycles. The molecule has 6 heteroatoms. The maximum absolute atomic E-state index is 10.9. The van der Waals surface area contributed by atoms with Crippen LogP contribution in [0.25, 0.3) is 21.8 Å². The molecule has 1 aromatic carbocycles. The number of aromatic nitrogens is 2. The Balaban J connectivity index is 1.98. The van der Waals surface area contributed by atoms with Crippen molar-refractivity contribution in [3.63, 3.8) is 0 Å². The Bertz CT molecular complexity index is 845. The molecular weight excluding hydrogens is 310 g/mol.